The van der Waals surface area contributed by atoms with Crippen LogP contribution in [0.15, 0.2) is 24.3 Å². The van der Waals surface area contributed by atoms with Crippen LogP contribution in [-0.2, 0) is 4.79 Å². The van der Waals surface area contributed by atoms with Crippen LogP contribution in [0.2, 0.25) is 0 Å². The smallest absolute Gasteiger partial charge is 0.220 e. The van der Waals surface area contributed by atoms with E-state index in [9.17, 15) is 4.79 Å². The zero-order chi connectivity index (χ0) is 17.1. The molecule has 2 saturated heterocycles. The second kappa shape index (κ2) is 8.91. The van der Waals surface area contributed by atoms with Crippen LogP contribution in [0, 0.1) is 5.92 Å². The molecule has 2 aliphatic rings. The summed E-state index contributed by atoms with van der Waals surface area (Å²) in [5.74, 6) is 1.59. The first-order chi connectivity index (χ1) is 11.5. The second-order valence-corrected chi connectivity index (χ2v) is 7.70. The Hall–Kier alpha value is -1.26. The first-order valence-electron chi connectivity index (χ1n) is 9.31. The Morgan fingerprint density at radius 1 is 1.16 bits per heavy atom. The van der Waals surface area contributed by atoms with Crippen molar-refractivity contribution in [2.75, 3.05) is 0 Å². The quantitative estimate of drug-likeness (QED) is 0.800. The van der Waals surface area contributed by atoms with Crippen LogP contribution < -0.4 is 15.4 Å². The van der Waals surface area contributed by atoms with Crippen LogP contribution in [0.5, 0.6) is 5.75 Å². The number of nitrogens with one attached hydrogen (secondary N) is 2. The summed E-state index contributed by atoms with van der Waals surface area (Å²) in [5, 5.41) is 6.79. The van der Waals surface area contributed by atoms with Crippen LogP contribution in [0.3, 0.4) is 0 Å². The monoisotopic (exact) mass is 366 g/mol. The van der Waals surface area contributed by atoms with Gasteiger partial charge in [-0.1, -0.05) is 12.1 Å². The Kier molecular flexibility index (Phi) is 7.14. The molecule has 1 aromatic carbocycles. The van der Waals surface area contributed by atoms with E-state index in [1.165, 1.54) is 12.8 Å². The zero-order valence-corrected chi connectivity index (χ0v) is 16.3. The van der Waals surface area contributed by atoms with Gasteiger partial charge in [0.25, 0.3) is 0 Å². The summed E-state index contributed by atoms with van der Waals surface area (Å²) < 4.78 is 5.66. The molecule has 0 saturated carbocycles. The summed E-state index contributed by atoms with van der Waals surface area (Å²) in [6, 6.07) is 9.34. The van der Waals surface area contributed by atoms with Gasteiger partial charge in [0.2, 0.25) is 5.91 Å². The lowest BCUT2D eigenvalue weighted by Gasteiger charge is -2.29. The van der Waals surface area contributed by atoms with Gasteiger partial charge < -0.3 is 15.4 Å². The number of ether oxygens (including phenoxy) is 1. The summed E-state index contributed by atoms with van der Waals surface area (Å²) in [4.78, 5) is 12.4. The summed E-state index contributed by atoms with van der Waals surface area (Å²) in [7, 11) is 0. The first-order valence-corrected chi connectivity index (χ1v) is 9.31. The van der Waals surface area contributed by atoms with E-state index in [-0.39, 0.29) is 30.5 Å². The van der Waals surface area contributed by atoms with Gasteiger partial charge in [-0.2, -0.15) is 0 Å². The van der Waals surface area contributed by atoms with E-state index in [1.54, 1.807) is 0 Å². The number of hydrogen-bond donors (Lipinski definition) is 2. The number of rotatable bonds is 6. The molecule has 3 unspecified atom stereocenters. The number of carbonyl (C=O) groups is 1. The lowest BCUT2D eigenvalue weighted by atomic mass is 9.89. The van der Waals surface area contributed by atoms with Gasteiger partial charge in [-0.15, -0.1) is 12.4 Å². The van der Waals surface area contributed by atoms with Gasteiger partial charge in [-0.25, -0.2) is 0 Å². The fourth-order valence-corrected chi connectivity index (χ4v) is 4.09. The summed E-state index contributed by atoms with van der Waals surface area (Å²) >= 11 is 0. The first kappa shape index (κ1) is 20.1. The van der Waals surface area contributed by atoms with Crippen LogP contribution >= 0.6 is 12.4 Å². The molecular weight excluding hydrogens is 336 g/mol. The maximum atomic E-state index is 12.4. The normalized spacial score (nSPS) is 26.0. The third-order valence-corrected chi connectivity index (χ3v) is 5.17. The minimum absolute atomic E-state index is 0. The van der Waals surface area contributed by atoms with E-state index in [2.05, 4.69) is 10.6 Å². The zero-order valence-electron chi connectivity index (χ0n) is 15.5. The number of halogens is 1. The van der Waals surface area contributed by atoms with Crippen molar-refractivity contribution < 1.29 is 9.53 Å². The highest BCUT2D eigenvalue weighted by molar-refractivity contribution is 5.85. The number of amides is 1. The number of carbonyl (C=O) groups excluding carboxylic acids is 1. The lowest BCUT2D eigenvalue weighted by molar-refractivity contribution is -0.122. The van der Waals surface area contributed by atoms with Gasteiger partial charge in [0.15, 0.2) is 0 Å². The second-order valence-electron chi connectivity index (χ2n) is 7.70. The van der Waals surface area contributed by atoms with E-state index in [4.69, 9.17) is 4.74 Å². The molecule has 4 nitrogen and oxygen atoms in total. The molecule has 2 bridgehead atoms. The molecule has 1 amide bonds. The lowest BCUT2D eigenvalue weighted by Crippen LogP contribution is -2.40. The molecular formula is C20H31ClN2O2. The number of piperidine rings is 1. The van der Waals surface area contributed by atoms with Gasteiger partial charge in [0, 0.05) is 18.5 Å². The summed E-state index contributed by atoms with van der Waals surface area (Å²) in [6.07, 6.45) is 5.70. The minimum Gasteiger partial charge on any atom is -0.491 e. The summed E-state index contributed by atoms with van der Waals surface area (Å²) in [5.41, 5.74) is 1.12. The molecule has 0 aromatic heterocycles. The Morgan fingerprint density at radius 2 is 1.76 bits per heavy atom. The highest BCUT2D eigenvalue weighted by Crippen LogP contribution is 2.32. The van der Waals surface area contributed by atoms with Gasteiger partial charge in [0.1, 0.15) is 5.75 Å². The fourth-order valence-electron chi connectivity index (χ4n) is 4.09. The van der Waals surface area contributed by atoms with Crippen LogP contribution in [0.25, 0.3) is 0 Å². The topological polar surface area (TPSA) is 50.4 Å². The standard InChI is InChI=1S/C20H30N2O2.ClH/c1-13(2)24-19-8-4-16(5-9-19)14(3)21-20(23)12-15-10-17-6-7-18(11-15)22-17;/h4-5,8-9,13-15,17-18,22H,6-7,10-12H2,1-3H3,(H,21,23);1H. The van der Waals surface area contributed by atoms with Gasteiger partial charge >= 0.3 is 0 Å². The van der Waals surface area contributed by atoms with Crippen LogP contribution in [-0.4, -0.2) is 24.1 Å². The molecule has 2 fully saturated rings. The van der Waals surface area contributed by atoms with Crippen molar-refractivity contribution in [1.29, 1.82) is 0 Å². The molecule has 3 atom stereocenters. The molecule has 5 heteroatoms. The van der Waals surface area contributed by atoms with Crippen molar-refractivity contribution in [3.63, 3.8) is 0 Å². The number of benzene rings is 1. The van der Waals surface area contributed by atoms with Crippen molar-refractivity contribution in [1.82, 2.24) is 10.6 Å². The average molecular weight is 367 g/mol. The van der Waals surface area contributed by atoms with Crippen molar-refractivity contribution in [3.8, 4) is 5.75 Å². The molecule has 140 valence electrons. The minimum atomic E-state index is 0. The third kappa shape index (κ3) is 5.61. The van der Waals surface area contributed by atoms with Gasteiger partial charge in [0.05, 0.1) is 12.1 Å². The largest absolute Gasteiger partial charge is 0.491 e. The predicted molar refractivity (Wildman–Crippen MR) is 103 cm³/mol. The highest BCUT2D eigenvalue weighted by Gasteiger charge is 2.34. The Bertz CT molecular complexity index is 549. The molecule has 0 radical (unpaired) electrons. The molecule has 25 heavy (non-hydrogen) atoms. The van der Waals surface area contributed by atoms with Crippen molar-refractivity contribution in [2.24, 2.45) is 5.92 Å². The van der Waals surface area contributed by atoms with E-state index >= 15 is 0 Å². The van der Waals surface area contributed by atoms with Gasteiger partial charge in [-0.05, 0) is 70.1 Å². The van der Waals surface area contributed by atoms with E-state index in [0.717, 1.165) is 24.2 Å². The molecule has 2 aliphatic heterocycles. The van der Waals surface area contributed by atoms with Crippen LogP contribution in [0.1, 0.15) is 64.5 Å². The van der Waals surface area contributed by atoms with Crippen molar-refractivity contribution in [3.05, 3.63) is 29.8 Å². The predicted octanol–water partition coefficient (Wildman–Crippen LogP) is 3.99. The molecule has 2 heterocycles. The molecule has 3 rings (SSSR count). The molecule has 2 N–H and O–H groups in total. The highest BCUT2D eigenvalue weighted by atomic mass is 35.5. The maximum absolute atomic E-state index is 12.4. The molecule has 1 aromatic rings. The maximum Gasteiger partial charge on any atom is 0.220 e. The van der Waals surface area contributed by atoms with E-state index in [1.807, 2.05) is 45.0 Å². The fraction of sp³-hybridized carbons (Fsp3) is 0.650. The third-order valence-electron chi connectivity index (χ3n) is 5.17. The molecule has 0 aliphatic carbocycles. The van der Waals surface area contributed by atoms with Gasteiger partial charge in [-0.3, -0.25) is 4.79 Å². The van der Waals surface area contributed by atoms with E-state index in [0.29, 0.717) is 24.4 Å². The average Bonchev–Trinajstić information content (AvgIpc) is 2.86. The summed E-state index contributed by atoms with van der Waals surface area (Å²) in [6.45, 7) is 6.08. The van der Waals surface area contributed by atoms with Crippen LogP contribution in [0.4, 0.5) is 0 Å². The number of fused-ring (bicyclic) bond motifs is 2. The Labute approximate surface area is 157 Å². The Morgan fingerprint density at radius 3 is 2.32 bits per heavy atom. The number of hydrogen-bond acceptors (Lipinski definition) is 3. The van der Waals surface area contributed by atoms with Crippen molar-refractivity contribution >= 4 is 18.3 Å². The molecule has 0 spiro atoms. The van der Waals surface area contributed by atoms with Crippen molar-refractivity contribution in [2.45, 2.75) is 77.1 Å². The SMILES string of the molecule is CC(C)Oc1ccc(C(C)NC(=O)CC2CC3CCC(C2)N3)cc1.Cl. The Balaban J connectivity index is 0.00000225. The van der Waals surface area contributed by atoms with E-state index < -0.39 is 0 Å².